The van der Waals surface area contributed by atoms with Crippen LogP contribution in [0.4, 0.5) is 0 Å². The summed E-state index contributed by atoms with van der Waals surface area (Å²) in [6.45, 7) is 6.35. The Bertz CT molecular complexity index is 268. The van der Waals surface area contributed by atoms with E-state index in [1.165, 1.54) is 6.92 Å². The van der Waals surface area contributed by atoms with E-state index in [1.807, 2.05) is 4.90 Å². The fourth-order valence-electron chi connectivity index (χ4n) is 2.17. The summed E-state index contributed by atoms with van der Waals surface area (Å²) in [6.07, 6.45) is 2.97. The quantitative estimate of drug-likeness (QED) is 0.771. The first-order valence-corrected chi connectivity index (χ1v) is 6.39. The lowest BCUT2D eigenvalue weighted by Crippen LogP contribution is -2.49. The van der Waals surface area contributed by atoms with Crippen molar-refractivity contribution in [1.29, 1.82) is 0 Å². The fourth-order valence-corrected chi connectivity index (χ4v) is 2.17. The van der Waals surface area contributed by atoms with Crippen molar-refractivity contribution in [3.8, 4) is 0 Å². The molecule has 0 atom stereocenters. The van der Waals surface area contributed by atoms with Gasteiger partial charge in [0.1, 0.15) is 0 Å². The molecule has 0 spiro atoms. The number of nitrogens with one attached hydrogen (secondary N) is 2. The molecule has 1 aliphatic rings. The third kappa shape index (κ3) is 5.69. The number of piperidine rings is 1. The van der Waals surface area contributed by atoms with Crippen LogP contribution in [-0.2, 0) is 9.59 Å². The van der Waals surface area contributed by atoms with Gasteiger partial charge in [0, 0.05) is 19.5 Å². The Morgan fingerprint density at radius 3 is 2.44 bits per heavy atom. The molecule has 1 rings (SSSR count). The third-order valence-corrected chi connectivity index (χ3v) is 3.02. The normalized spacial score (nSPS) is 15.7. The van der Waals surface area contributed by atoms with E-state index in [2.05, 4.69) is 17.6 Å². The van der Waals surface area contributed by atoms with Gasteiger partial charge in [0.25, 0.3) is 0 Å². The van der Waals surface area contributed by atoms with E-state index >= 15 is 0 Å². The number of amides is 2. The summed E-state index contributed by atoms with van der Waals surface area (Å²) in [5, 5.41) is 5.87. The van der Waals surface area contributed by atoms with Gasteiger partial charge in [0.2, 0.25) is 11.8 Å². The Balaban J connectivity index is 0.00000289. The zero-order chi connectivity index (χ0) is 12.7. The number of carbonyl (C=O) groups excluding carboxylic acids is 2. The maximum absolute atomic E-state index is 12.0. The number of hydrogen-bond acceptors (Lipinski definition) is 3. The highest BCUT2D eigenvalue weighted by atomic mass is 35.5. The molecule has 0 aromatic carbocycles. The molecule has 2 N–H and O–H groups in total. The van der Waals surface area contributed by atoms with Crippen LogP contribution in [0.1, 0.15) is 33.1 Å². The van der Waals surface area contributed by atoms with Crippen molar-refractivity contribution in [3.05, 3.63) is 0 Å². The monoisotopic (exact) mass is 277 g/mol. The lowest BCUT2D eigenvalue weighted by molar-refractivity contribution is -0.135. The molecule has 0 bridgehead atoms. The number of rotatable bonds is 5. The van der Waals surface area contributed by atoms with E-state index in [9.17, 15) is 9.59 Å². The van der Waals surface area contributed by atoms with Gasteiger partial charge in [-0.3, -0.25) is 9.59 Å². The van der Waals surface area contributed by atoms with Crippen molar-refractivity contribution >= 4 is 24.2 Å². The summed E-state index contributed by atoms with van der Waals surface area (Å²) < 4.78 is 0. The molecule has 0 aliphatic carbocycles. The van der Waals surface area contributed by atoms with Gasteiger partial charge in [0.15, 0.2) is 0 Å². The molecule has 1 aliphatic heterocycles. The van der Waals surface area contributed by atoms with E-state index in [4.69, 9.17) is 0 Å². The molecule has 6 heteroatoms. The Morgan fingerprint density at radius 2 is 1.94 bits per heavy atom. The molecule has 106 valence electrons. The predicted molar refractivity (Wildman–Crippen MR) is 73.8 cm³/mol. The van der Waals surface area contributed by atoms with Gasteiger partial charge < -0.3 is 15.5 Å². The van der Waals surface area contributed by atoms with Gasteiger partial charge in [-0.2, -0.15) is 0 Å². The highest BCUT2D eigenvalue weighted by Gasteiger charge is 2.24. The molecular weight excluding hydrogens is 254 g/mol. The topological polar surface area (TPSA) is 61.4 Å². The summed E-state index contributed by atoms with van der Waals surface area (Å²) in [5.74, 6) is -0.117. The van der Waals surface area contributed by atoms with Crippen LogP contribution < -0.4 is 10.6 Å². The van der Waals surface area contributed by atoms with Crippen LogP contribution in [0.3, 0.4) is 0 Å². The Hall–Kier alpha value is -0.810. The summed E-state index contributed by atoms with van der Waals surface area (Å²) >= 11 is 0. The molecule has 0 aromatic heterocycles. The molecule has 0 unspecified atom stereocenters. The number of halogens is 1. The predicted octanol–water partition coefficient (Wildman–Crippen LogP) is 0.535. The van der Waals surface area contributed by atoms with Gasteiger partial charge in [-0.1, -0.05) is 6.92 Å². The van der Waals surface area contributed by atoms with Gasteiger partial charge in [-0.25, -0.2) is 0 Å². The second-order valence-corrected chi connectivity index (χ2v) is 4.48. The first-order chi connectivity index (χ1) is 8.15. The molecular formula is C12H24ClN3O2. The van der Waals surface area contributed by atoms with Crippen LogP contribution in [0.15, 0.2) is 0 Å². The summed E-state index contributed by atoms with van der Waals surface area (Å²) in [4.78, 5) is 24.8. The highest BCUT2D eigenvalue weighted by molar-refractivity contribution is 5.85. The average Bonchev–Trinajstić information content (AvgIpc) is 2.34. The molecule has 1 saturated heterocycles. The lowest BCUT2D eigenvalue weighted by Gasteiger charge is -2.34. The second kappa shape index (κ2) is 9.16. The molecule has 0 radical (unpaired) electrons. The van der Waals surface area contributed by atoms with Crippen molar-refractivity contribution in [3.63, 3.8) is 0 Å². The minimum atomic E-state index is -0.153. The molecule has 1 fully saturated rings. The third-order valence-electron chi connectivity index (χ3n) is 3.02. The number of hydrogen-bond donors (Lipinski definition) is 2. The fraction of sp³-hybridized carbons (Fsp3) is 0.833. The van der Waals surface area contributed by atoms with Crippen molar-refractivity contribution in [1.82, 2.24) is 15.5 Å². The van der Waals surface area contributed by atoms with E-state index < -0.39 is 0 Å². The van der Waals surface area contributed by atoms with Crippen LogP contribution in [0.25, 0.3) is 0 Å². The molecule has 5 nitrogen and oxygen atoms in total. The first-order valence-electron chi connectivity index (χ1n) is 6.39. The van der Waals surface area contributed by atoms with Gasteiger partial charge >= 0.3 is 0 Å². The Kier molecular flexibility index (Phi) is 8.75. The zero-order valence-electron chi connectivity index (χ0n) is 11.2. The van der Waals surface area contributed by atoms with Crippen molar-refractivity contribution in [2.45, 2.75) is 39.2 Å². The minimum absolute atomic E-state index is 0. The molecule has 1 heterocycles. The standard InChI is InChI=1S/C12H23N3O2.ClH/c1-3-8-15(11-4-6-13-7-5-11)12(17)9-14-10(2)16;/h11,13H,3-9H2,1-2H3,(H,14,16);1H. The Labute approximate surface area is 115 Å². The molecule has 0 aromatic rings. The van der Waals surface area contributed by atoms with Crippen LogP contribution in [0.2, 0.25) is 0 Å². The van der Waals surface area contributed by atoms with E-state index in [1.54, 1.807) is 0 Å². The molecule has 18 heavy (non-hydrogen) atoms. The smallest absolute Gasteiger partial charge is 0.242 e. The summed E-state index contributed by atoms with van der Waals surface area (Å²) in [6, 6.07) is 0.331. The van der Waals surface area contributed by atoms with Crippen molar-refractivity contribution < 1.29 is 9.59 Å². The molecule has 2 amide bonds. The van der Waals surface area contributed by atoms with Crippen molar-refractivity contribution in [2.75, 3.05) is 26.2 Å². The molecule has 0 saturated carbocycles. The van der Waals surface area contributed by atoms with Crippen molar-refractivity contribution in [2.24, 2.45) is 0 Å². The van der Waals surface area contributed by atoms with Gasteiger partial charge in [0.05, 0.1) is 6.54 Å². The van der Waals surface area contributed by atoms with Gasteiger partial charge in [-0.05, 0) is 32.4 Å². The lowest BCUT2D eigenvalue weighted by atomic mass is 10.0. The van der Waals surface area contributed by atoms with E-state index in [0.717, 1.165) is 38.9 Å². The van der Waals surface area contributed by atoms with Crippen LogP contribution in [0.5, 0.6) is 0 Å². The second-order valence-electron chi connectivity index (χ2n) is 4.48. The summed E-state index contributed by atoms with van der Waals surface area (Å²) in [5.41, 5.74) is 0. The SMILES string of the molecule is CCCN(C(=O)CNC(C)=O)C1CCNCC1.Cl. The Morgan fingerprint density at radius 1 is 1.33 bits per heavy atom. The summed E-state index contributed by atoms with van der Waals surface area (Å²) in [7, 11) is 0. The van der Waals surface area contributed by atoms with Crippen LogP contribution >= 0.6 is 12.4 Å². The maximum atomic E-state index is 12.0. The van der Waals surface area contributed by atoms with E-state index in [0.29, 0.717) is 6.04 Å². The van der Waals surface area contributed by atoms with E-state index in [-0.39, 0.29) is 30.8 Å². The first kappa shape index (κ1) is 17.2. The zero-order valence-corrected chi connectivity index (χ0v) is 12.0. The van der Waals surface area contributed by atoms with Gasteiger partial charge in [-0.15, -0.1) is 12.4 Å². The largest absolute Gasteiger partial charge is 0.347 e. The average molecular weight is 278 g/mol. The van der Waals surface area contributed by atoms with Crippen LogP contribution in [-0.4, -0.2) is 48.9 Å². The number of carbonyl (C=O) groups is 2. The van der Waals surface area contributed by atoms with Crippen LogP contribution in [0, 0.1) is 0 Å². The maximum Gasteiger partial charge on any atom is 0.242 e. The highest BCUT2D eigenvalue weighted by Crippen LogP contribution is 2.12. The minimum Gasteiger partial charge on any atom is -0.347 e. The number of nitrogens with zero attached hydrogens (tertiary/aromatic N) is 1.